The van der Waals surface area contributed by atoms with Crippen LogP contribution in [0.5, 0.6) is 0 Å². The molecule has 1 aliphatic carbocycles. The highest BCUT2D eigenvalue weighted by atomic mass is 32.2. The number of alkyl halides is 3. The largest absolute Gasteiger partial charge is 0.401 e. The average Bonchev–Trinajstić information content (AvgIpc) is 2.28. The van der Waals surface area contributed by atoms with E-state index in [0.29, 0.717) is 5.25 Å². The fourth-order valence-electron chi connectivity index (χ4n) is 2.12. The third-order valence-corrected chi connectivity index (χ3v) is 4.13. The van der Waals surface area contributed by atoms with Gasteiger partial charge in [-0.1, -0.05) is 12.8 Å². The van der Waals surface area contributed by atoms with E-state index in [4.69, 9.17) is 0 Å². The van der Waals surface area contributed by atoms with Gasteiger partial charge in [0.25, 0.3) is 0 Å². The van der Waals surface area contributed by atoms with Crippen LogP contribution in [-0.2, 0) is 4.79 Å². The van der Waals surface area contributed by atoms with Crippen molar-refractivity contribution in [1.82, 2.24) is 10.6 Å². The Morgan fingerprint density at radius 1 is 1.33 bits per heavy atom. The predicted octanol–water partition coefficient (Wildman–Crippen LogP) is 1.93. The Morgan fingerprint density at radius 3 is 2.61 bits per heavy atom. The minimum absolute atomic E-state index is 0.0916. The molecule has 0 spiro atoms. The molecule has 1 aliphatic rings. The second-order valence-corrected chi connectivity index (χ2v) is 5.53. The lowest BCUT2D eigenvalue weighted by molar-refractivity contribution is -0.128. The smallest absolute Gasteiger partial charge is 0.351 e. The Bertz CT molecular complexity index is 274. The summed E-state index contributed by atoms with van der Waals surface area (Å²) in [5.41, 5.74) is 0. The van der Waals surface area contributed by atoms with E-state index in [1.165, 1.54) is 0 Å². The van der Waals surface area contributed by atoms with Gasteiger partial charge < -0.3 is 10.6 Å². The molecule has 2 atom stereocenters. The summed E-state index contributed by atoms with van der Waals surface area (Å²) in [4.78, 5) is 11.5. The van der Waals surface area contributed by atoms with Crippen LogP contribution in [0.4, 0.5) is 13.2 Å². The Morgan fingerprint density at radius 2 is 2.00 bits per heavy atom. The van der Waals surface area contributed by atoms with Crippen LogP contribution in [0, 0.1) is 0 Å². The Labute approximate surface area is 109 Å². The number of amides is 1. The summed E-state index contributed by atoms with van der Waals surface area (Å²) in [6.45, 7) is -1.41. The second-order valence-electron chi connectivity index (χ2n) is 4.45. The van der Waals surface area contributed by atoms with Crippen LogP contribution < -0.4 is 10.6 Å². The maximum atomic E-state index is 11.9. The van der Waals surface area contributed by atoms with Gasteiger partial charge >= 0.3 is 6.18 Å². The van der Waals surface area contributed by atoms with Crippen LogP contribution >= 0.6 is 11.8 Å². The van der Waals surface area contributed by atoms with Gasteiger partial charge in [0, 0.05) is 11.3 Å². The van der Waals surface area contributed by atoms with Gasteiger partial charge in [0.05, 0.1) is 13.1 Å². The molecule has 0 aromatic heterocycles. The maximum Gasteiger partial charge on any atom is 0.401 e. The molecule has 0 aliphatic heterocycles. The lowest BCUT2D eigenvalue weighted by atomic mass is 9.95. The highest BCUT2D eigenvalue weighted by Gasteiger charge is 2.28. The fourth-order valence-corrected chi connectivity index (χ4v) is 3.05. The van der Waals surface area contributed by atoms with Crippen molar-refractivity contribution in [2.24, 2.45) is 0 Å². The number of halogens is 3. The quantitative estimate of drug-likeness (QED) is 0.810. The van der Waals surface area contributed by atoms with E-state index >= 15 is 0 Å². The van der Waals surface area contributed by atoms with Gasteiger partial charge in [0.2, 0.25) is 5.91 Å². The topological polar surface area (TPSA) is 41.1 Å². The number of hydrogen-bond donors (Lipinski definition) is 2. The third kappa shape index (κ3) is 5.95. The number of carbonyl (C=O) groups excluding carboxylic acids is 1. The van der Waals surface area contributed by atoms with Crippen molar-refractivity contribution in [3.63, 3.8) is 0 Å². The minimum atomic E-state index is -4.27. The summed E-state index contributed by atoms with van der Waals surface area (Å²) in [5.74, 6) is -0.356. The zero-order chi connectivity index (χ0) is 13.6. The molecular weight excluding hydrogens is 265 g/mol. The molecule has 0 saturated heterocycles. The van der Waals surface area contributed by atoms with Crippen molar-refractivity contribution in [2.75, 3.05) is 19.3 Å². The molecule has 1 amide bonds. The number of thioether (sulfide) groups is 1. The number of rotatable bonds is 5. The number of hydrogen-bond acceptors (Lipinski definition) is 3. The van der Waals surface area contributed by atoms with E-state index in [1.807, 2.05) is 6.26 Å². The third-order valence-electron chi connectivity index (χ3n) is 2.96. The first-order valence-electron chi connectivity index (χ1n) is 6.02. The SMILES string of the molecule is CSC1CCCCC1NC(=O)CNCC(F)(F)F. The summed E-state index contributed by atoms with van der Waals surface area (Å²) in [5, 5.41) is 5.30. The lowest BCUT2D eigenvalue weighted by Gasteiger charge is -2.31. The zero-order valence-corrected chi connectivity index (χ0v) is 11.2. The summed E-state index contributed by atoms with van der Waals surface area (Å²) < 4.78 is 35.7. The minimum Gasteiger partial charge on any atom is -0.351 e. The molecule has 3 nitrogen and oxygen atoms in total. The van der Waals surface area contributed by atoms with E-state index in [2.05, 4.69) is 10.6 Å². The molecule has 0 radical (unpaired) electrons. The van der Waals surface area contributed by atoms with Gasteiger partial charge in [-0.15, -0.1) is 0 Å². The summed E-state index contributed by atoms with van der Waals surface area (Å²) in [7, 11) is 0. The van der Waals surface area contributed by atoms with Crippen molar-refractivity contribution in [2.45, 2.75) is 43.2 Å². The Balaban J connectivity index is 2.26. The fraction of sp³-hybridized carbons (Fsp3) is 0.909. The molecule has 1 rings (SSSR count). The zero-order valence-electron chi connectivity index (χ0n) is 10.3. The van der Waals surface area contributed by atoms with Gasteiger partial charge in [-0.2, -0.15) is 24.9 Å². The van der Waals surface area contributed by atoms with Crippen LogP contribution in [0.15, 0.2) is 0 Å². The molecule has 0 aromatic rings. The first-order chi connectivity index (χ1) is 8.42. The molecule has 0 heterocycles. The predicted molar refractivity (Wildman–Crippen MR) is 66.6 cm³/mol. The molecule has 0 aromatic carbocycles. The van der Waals surface area contributed by atoms with Gasteiger partial charge in [0.1, 0.15) is 0 Å². The van der Waals surface area contributed by atoms with Gasteiger partial charge in [-0.05, 0) is 19.1 Å². The van der Waals surface area contributed by atoms with Crippen LogP contribution in [-0.4, -0.2) is 42.7 Å². The highest BCUT2D eigenvalue weighted by Crippen LogP contribution is 2.26. The Kier molecular flexibility index (Phi) is 6.28. The summed E-state index contributed by atoms with van der Waals surface area (Å²) in [6, 6.07) is 0.0916. The van der Waals surface area contributed by atoms with E-state index in [-0.39, 0.29) is 18.5 Å². The molecule has 1 fully saturated rings. The van der Waals surface area contributed by atoms with E-state index in [1.54, 1.807) is 11.8 Å². The van der Waals surface area contributed by atoms with Crippen molar-refractivity contribution < 1.29 is 18.0 Å². The monoisotopic (exact) mass is 284 g/mol. The maximum absolute atomic E-state index is 11.9. The van der Waals surface area contributed by atoms with Crippen LogP contribution in [0.3, 0.4) is 0 Å². The number of carbonyl (C=O) groups is 1. The summed E-state index contributed by atoms with van der Waals surface area (Å²) >= 11 is 1.71. The molecule has 7 heteroatoms. The van der Waals surface area contributed by atoms with Gasteiger partial charge in [0.15, 0.2) is 0 Å². The van der Waals surface area contributed by atoms with Crippen LogP contribution in [0.1, 0.15) is 25.7 Å². The standard InChI is InChI=1S/C11H19F3N2OS/c1-18-9-5-3-2-4-8(9)16-10(17)6-15-7-11(12,13)14/h8-9,15H,2-7H2,1H3,(H,16,17). The molecule has 18 heavy (non-hydrogen) atoms. The first kappa shape index (κ1) is 15.6. The average molecular weight is 284 g/mol. The van der Waals surface area contributed by atoms with Crippen molar-refractivity contribution in [3.05, 3.63) is 0 Å². The van der Waals surface area contributed by atoms with Crippen molar-refractivity contribution in [3.8, 4) is 0 Å². The summed E-state index contributed by atoms with van der Waals surface area (Å²) in [6.07, 6.45) is 1.92. The van der Waals surface area contributed by atoms with Crippen molar-refractivity contribution in [1.29, 1.82) is 0 Å². The van der Waals surface area contributed by atoms with E-state index in [0.717, 1.165) is 25.7 Å². The van der Waals surface area contributed by atoms with Crippen LogP contribution in [0.2, 0.25) is 0 Å². The lowest BCUT2D eigenvalue weighted by Crippen LogP contribution is -2.47. The Hall–Kier alpha value is -0.430. The first-order valence-corrected chi connectivity index (χ1v) is 7.31. The van der Waals surface area contributed by atoms with Crippen LogP contribution in [0.25, 0.3) is 0 Å². The molecule has 1 saturated carbocycles. The second kappa shape index (κ2) is 7.23. The van der Waals surface area contributed by atoms with Gasteiger partial charge in [-0.25, -0.2) is 0 Å². The van der Waals surface area contributed by atoms with Crippen molar-refractivity contribution >= 4 is 17.7 Å². The molecule has 0 bridgehead atoms. The van der Waals surface area contributed by atoms with Gasteiger partial charge in [-0.3, -0.25) is 4.79 Å². The van der Waals surface area contributed by atoms with E-state index < -0.39 is 12.7 Å². The number of nitrogens with one attached hydrogen (secondary N) is 2. The molecule has 106 valence electrons. The highest BCUT2D eigenvalue weighted by molar-refractivity contribution is 7.99. The molecule has 2 unspecified atom stereocenters. The molecular formula is C11H19F3N2OS. The molecule has 2 N–H and O–H groups in total. The van der Waals surface area contributed by atoms with E-state index in [9.17, 15) is 18.0 Å². The normalized spacial score (nSPS) is 24.9.